The van der Waals surface area contributed by atoms with E-state index in [4.69, 9.17) is 4.74 Å². The summed E-state index contributed by atoms with van der Waals surface area (Å²) in [5.41, 5.74) is 1.45. The van der Waals surface area contributed by atoms with Crippen molar-refractivity contribution in [3.63, 3.8) is 0 Å². The van der Waals surface area contributed by atoms with Gasteiger partial charge in [-0.2, -0.15) is 8.42 Å². The van der Waals surface area contributed by atoms with E-state index in [1.165, 1.54) is 6.07 Å². The number of likely N-dealkylation sites (tertiary alicyclic amines) is 1. The standard InChI is InChI=1S/C18H29NO5SSi/c1-14-5-7-17(25(21,22)23)15(11-14)12-16-6-8-18(20)19(16)13-24-9-10-26(2,3)4/h5,7,11,16H,6,8-10,12-13H2,1-4H3,(H,21,22,23)/t16-/m1/s1. The zero-order valence-corrected chi connectivity index (χ0v) is 17.8. The Morgan fingerprint density at radius 2 is 2.00 bits per heavy atom. The minimum atomic E-state index is -4.29. The van der Waals surface area contributed by atoms with Crippen molar-refractivity contribution in [3.8, 4) is 0 Å². The third-order valence-electron chi connectivity index (χ3n) is 4.63. The number of carbonyl (C=O) groups excluding carboxylic acids is 1. The molecule has 1 atom stereocenters. The number of carbonyl (C=O) groups is 1. The average Bonchev–Trinajstić information content (AvgIpc) is 2.82. The summed E-state index contributed by atoms with van der Waals surface area (Å²) in [5.74, 6) is 0.0315. The van der Waals surface area contributed by atoms with E-state index >= 15 is 0 Å². The highest BCUT2D eigenvalue weighted by atomic mass is 32.2. The number of benzene rings is 1. The number of rotatable bonds is 8. The lowest BCUT2D eigenvalue weighted by Gasteiger charge is -2.26. The summed E-state index contributed by atoms with van der Waals surface area (Å²) in [4.78, 5) is 13.8. The van der Waals surface area contributed by atoms with Gasteiger partial charge >= 0.3 is 0 Å². The molecule has 0 radical (unpaired) electrons. The molecule has 1 amide bonds. The predicted molar refractivity (Wildman–Crippen MR) is 104 cm³/mol. The Balaban J connectivity index is 2.08. The fourth-order valence-corrected chi connectivity index (χ4v) is 4.57. The SMILES string of the molecule is Cc1ccc(S(=O)(=O)O)c(C[C@H]2CCC(=O)N2COCC[Si](C)(C)C)c1. The van der Waals surface area contributed by atoms with Crippen LogP contribution in [0.4, 0.5) is 0 Å². The summed E-state index contributed by atoms with van der Waals surface area (Å²) < 4.78 is 38.5. The molecule has 0 aromatic heterocycles. The van der Waals surface area contributed by atoms with Gasteiger partial charge in [-0.1, -0.05) is 37.3 Å². The Hall–Kier alpha value is -1.22. The molecular weight excluding hydrogens is 370 g/mol. The monoisotopic (exact) mass is 399 g/mol. The zero-order chi connectivity index (χ0) is 19.5. The van der Waals surface area contributed by atoms with E-state index in [1.807, 2.05) is 6.92 Å². The summed E-state index contributed by atoms with van der Waals surface area (Å²) in [6.07, 6.45) is 1.49. The van der Waals surface area contributed by atoms with E-state index in [0.717, 1.165) is 11.6 Å². The van der Waals surface area contributed by atoms with Crippen LogP contribution in [0.3, 0.4) is 0 Å². The van der Waals surface area contributed by atoms with Gasteiger partial charge in [-0.25, -0.2) is 0 Å². The van der Waals surface area contributed by atoms with Crippen molar-refractivity contribution in [1.82, 2.24) is 4.90 Å². The first-order valence-corrected chi connectivity index (χ1v) is 14.1. The van der Waals surface area contributed by atoms with Crippen molar-refractivity contribution in [2.75, 3.05) is 13.3 Å². The maximum absolute atomic E-state index is 12.2. The Bertz CT molecular complexity index is 757. The molecule has 1 saturated heterocycles. The van der Waals surface area contributed by atoms with Gasteiger partial charge in [0.25, 0.3) is 10.1 Å². The molecule has 6 nitrogen and oxygen atoms in total. The predicted octanol–water partition coefficient (Wildman–Crippen LogP) is 3.09. The molecular formula is C18H29NO5SSi. The van der Waals surface area contributed by atoms with Gasteiger partial charge in [0.15, 0.2) is 0 Å². The lowest BCUT2D eigenvalue weighted by Crippen LogP contribution is -2.37. The third-order valence-corrected chi connectivity index (χ3v) is 7.29. The lowest BCUT2D eigenvalue weighted by molar-refractivity contribution is -0.134. The van der Waals surface area contributed by atoms with Crippen LogP contribution in [-0.4, -0.2) is 51.2 Å². The van der Waals surface area contributed by atoms with Crippen LogP contribution in [0, 0.1) is 6.92 Å². The summed E-state index contributed by atoms with van der Waals surface area (Å²) in [6, 6.07) is 5.76. The molecule has 0 aliphatic carbocycles. The molecule has 0 bridgehead atoms. The third kappa shape index (κ3) is 5.90. The normalized spacial score (nSPS) is 18.6. The molecule has 8 heteroatoms. The van der Waals surface area contributed by atoms with Crippen LogP contribution < -0.4 is 0 Å². The molecule has 146 valence electrons. The van der Waals surface area contributed by atoms with Crippen LogP contribution in [0.15, 0.2) is 23.1 Å². The molecule has 1 fully saturated rings. The van der Waals surface area contributed by atoms with Gasteiger partial charge in [-0.15, -0.1) is 0 Å². The molecule has 1 aliphatic rings. The van der Waals surface area contributed by atoms with E-state index in [2.05, 4.69) is 19.6 Å². The van der Waals surface area contributed by atoms with E-state index in [9.17, 15) is 17.8 Å². The van der Waals surface area contributed by atoms with Gasteiger partial charge in [-0.3, -0.25) is 9.35 Å². The summed E-state index contributed by atoms with van der Waals surface area (Å²) in [5, 5.41) is 0. The molecule has 1 aliphatic heterocycles. The molecule has 1 N–H and O–H groups in total. The number of amides is 1. The van der Waals surface area contributed by atoms with Crippen LogP contribution in [0.2, 0.25) is 25.7 Å². The van der Waals surface area contributed by atoms with Crippen molar-refractivity contribution in [3.05, 3.63) is 29.3 Å². The van der Waals surface area contributed by atoms with Gasteiger partial charge in [0.05, 0.1) is 4.90 Å². The smallest absolute Gasteiger partial charge is 0.294 e. The van der Waals surface area contributed by atoms with Crippen molar-refractivity contribution >= 4 is 24.1 Å². The lowest BCUT2D eigenvalue weighted by atomic mass is 10.0. The highest BCUT2D eigenvalue weighted by Gasteiger charge is 2.32. The second kappa shape index (κ2) is 8.20. The average molecular weight is 400 g/mol. The molecule has 0 saturated carbocycles. The minimum Gasteiger partial charge on any atom is -0.361 e. The van der Waals surface area contributed by atoms with E-state index < -0.39 is 18.2 Å². The van der Waals surface area contributed by atoms with Crippen LogP contribution in [0.1, 0.15) is 24.0 Å². The first-order valence-electron chi connectivity index (χ1n) is 8.91. The van der Waals surface area contributed by atoms with Crippen molar-refractivity contribution in [2.24, 2.45) is 0 Å². The maximum atomic E-state index is 12.2. The minimum absolute atomic E-state index is 0.0315. The van der Waals surface area contributed by atoms with Crippen LogP contribution >= 0.6 is 0 Å². The number of ether oxygens (including phenoxy) is 1. The molecule has 0 spiro atoms. The van der Waals surface area contributed by atoms with Crippen molar-refractivity contribution in [2.45, 2.75) is 62.8 Å². The van der Waals surface area contributed by atoms with Gasteiger partial charge in [-0.05, 0) is 37.4 Å². The van der Waals surface area contributed by atoms with Gasteiger partial charge in [0, 0.05) is 27.1 Å². The number of hydrogen-bond donors (Lipinski definition) is 1. The van der Waals surface area contributed by atoms with Crippen LogP contribution in [-0.2, 0) is 26.1 Å². The quantitative estimate of drug-likeness (QED) is 0.412. The summed E-state index contributed by atoms with van der Waals surface area (Å²) >= 11 is 0. The number of nitrogens with zero attached hydrogens (tertiary/aromatic N) is 1. The molecule has 0 unspecified atom stereocenters. The number of aryl methyl sites for hydroxylation is 1. The molecule has 1 aromatic carbocycles. The van der Waals surface area contributed by atoms with Gasteiger partial charge < -0.3 is 9.64 Å². The maximum Gasteiger partial charge on any atom is 0.294 e. The summed E-state index contributed by atoms with van der Waals surface area (Å²) in [7, 11) is -5.48. The fraction of sp³-hybridized carbons (Fsp3) is 0.611. The first kappa shape index (κ1) is 21.1. The highest BCUT2D eigenvalue weighted by Crippen LogP contribution is 2.26. The fourth-order valence-electron chi connectivity index (χ4n) is 3.10. The first-order chi connectivity index (χ1) is 12.0. The zero-order valence-electron chi connectivity index (χ0n) is 16.0. The highest BCUT2D eigenvalue weighted by molar-refractivity contribution is 7.85. The summed E-state index contributed by atoms with van der Waals surface area (Å²) in [6.45, 7) is 9.56. The Morgan fingerprint density at radius 3 is 2.62 bits per heavy atom. The van der Waals surface area contributed by atoms with E-state index in [-0.39, 0.29) is 23.6 Å². The van der Waals surface area contributed by atoms with E-state index in [1.54, 1.807) is 17.0 Å². The van der Waals surface area contributed by atoms with Crippen molar-refractivity contribution < 1.29 is 22.5 Å². The second-order valence-corrected chi connectivity index (χ2v) is 15.2. The van der Waals surface area contributed by atoms with Gasteiger partial charge in [0.2, 0.25) is 5.91 Å². The topological polar surface area (TPSA) is 83.9 Å². The molecule has 2 rings (SSSR count). The van der Waals surface area contributed by atoms with Gasteiger partial charge in [0.1, 0.15) is 6.73 Å². The largest absolute Gasteiger partial charge is 0.361 e. The molecule has 1 heterocycles. The molecule has 1 aromatic rings. The Morgan fingerprint density at radius 1 is 1.31 bits per heavy atom. The van der Waals surface area contributed by atoms with Crippen LogP contribution in [0.25, 0.3) is 0 Å². The Kier molecular flexibility index (Phi) is 6.65. The van der Waals surface area contributed by atoms with E-state index in [0.29, 0.717) is 31.4 Å². The second-order valence-electron chi connectivity index (χ2n) is 8.19. The Labute approximate surface area is 157 Å². The molecule has 26 heavy (non-hydrogen) atoms. The van der Waals surface area contributed by atoms with Crippen LogP contribution in [0.5, 0.6) is 0 Å². The van der Waals surface area contributed by atoms with Crippen molar-refractivity contribution in [1.29, 1.82) is 0 Å². The number of hydrogen-bond acceptors (Lipinski definition) is 4.